The fraction of sp³-hybridized carbons (Fsp3) is 0.263. The molecule has 17 heteroatoms. The van der Waals surface area contributed by atoms with Gasteiger partial charge in [-0.1, -0.05) is 49.1 Å². The second kappa shape index (κ2) is 10.9. The maximum atomic E-state index is 6.48. The van der Waals surface area contributed by atoms with Crippen LogP contribution in [-0.2, 0) is 0 Å². The monoisotopic (exact) mass is 555 g/mol. The largest absolute Gasteiger partial charge is 0.430 e. The molecule has 0 spiro atoms. The molecule has 10 N–H and O–H groups in total. The number of hydrogen-bond acceptors (Lipinski definition) is 14. The van der Waals surface area contributed by atoms with Crippen LogP contribution >= 0.6 is 22.6 Å². The molecule has 3 rings (SSSR count). The maximum Gasteiger partial charge on any atom is 0.347 e. The molecule has 1 aliphatic heterocycles. The average molecular weight is 556 g/mol. The van der Waals surface area contributed by atoms with E-state index in [0.29, 0.717) is 5.75 Å². The Labute approximate surface area is 212 Å². The molecule has 1 atom stereocenters. The number of rotatable bonds is 9. The Morgan fingerprint density at radius 2 is 1.06 bits per heavy atom. The number of benzene rings is 2. The minimum Gasteiger partial charge on any atom is -0.430 e. The lowest BCUT2D eigenvalue weighted by Gasteiger charge is -2.43. The van der Waals surface area contributed by atoms with E-state index in [-0.39, 0.29) is 0 Å². The zero-order valence-electron chi connectivity index (χ0n) is 21.1. The van der Waals surface area contributed by atoms with Crippen LogP contribution in [0, 0.1) is 0 Å². The zero-order chi connectivity index (χ0) is 26.9. The summed E-state index contributed by atoms with van der Waals surface area (Å²) < 4.78 is 27.9. The van der Waals surface area contributed by atoms with Gasteiger partial charge in [0.25, 0.3) is 0 Å². The fourth-order valence-corrected chi connectivity index (χ4v) is 15.3. The minimum atomic E-state index is -3.37. The van der Waals surface area contributed by atoms with Gasteiger partial charge < -0.3 is 4.52 Å². The summed E-state index contributed by atoms with van der Waals surface area (Å²) in [6, 6.07) is 15.6. The molecule has 36 heavy (non-hydrogen) atoms. The molecule has 0 saturated heterocycles. The van der Waals surface area contributed by atoms with E-state index in [1.807, 2.05) is 48.5 Å². The van der Waals surface area contributed by atoms with Gasteiger partial charge in [-0.25, -0.2) is 0 Å². The van der Waals surface area contributed by atoms with Crippen molar-refractivity contribution in [2.24, 2.45) is 42.8 Å². The van der Waals surface area contributed by atoms with Crippen molar-refractivity contribution in [2.75, 3.05) is 35.2 Å². The molecular weight excluding hydrogens is 519 g/mol. The van der Waals surface area contributed by atoms with Crippen molar-refractivity contribution in [1.82, 2.24) is 23.9 Å². The topological polar surface area (TPSA) is 193 Å². The zero-order valence-corrected chi connectivity index (χ0v) is 23.8. The van der Waals surface area contributed by atoms with E-state index in [4.69, 9.17) is 47.3 Å². The smallest absolute Gasteiger partial charge is 0.347 e. The number of nitrogens with two attached hydrogens (primary N) is 5. The summed E-state index contributed by atoms with van der Waals surface area (Å²) >= 11 is 0. The van der Waals surface area contributed by atoms with Crippen LogP contribution < -0.4 is 33.7 Å². The van der Waals surface area contributed by atoms with Crippen LogP contribution in [0.15, 0.2) is 68.7 Å². The minimum absolute atomic E-state index is 0.497. The molecule has 0 fully saturated rings. The van der Waals surface area contributed by atoms with Crippen molar-refractivity contribution in [3.05, 3.63) is 60.7 Å². The molecule has 14 nitrogen and oxygen atoms in total. The first-order valence-electron chi connectivity index (χ1n) is 10.7. The molecule has 0 aromatic heterocycles. The van der Waals surface area contributed by atoms with E-state index in [1.54, 1.807) is 41.3 Å². The second-order valence-corrected chi connectivity index (χ2v) is 16.8. The van der Waals surface area contributed by atoms with E-state index >= 15 is 0 Å². The van der Waals surface area contributed by atoms with Gasteiger partial charge in [0.1, 0.15) is 5.75 Å². The van der Waals surface area contributed by atoms with Crippen molar-refractivity contribution < 1.29 is 4.52 Å². The SMILES string of the molecule is C=Cc1ccc(-c2ccc(OP3(N(C)N)=NP(N(C)N)(N(C)N)=NP(N(C)N)(N(C)N)=N3)cc2)cc1. The predicted molar refractivity (Wildman–Crippen MR) is 150 cm³/mol. The summed E-state index contributed by atoms with van der Waals surface area (Å²) in [5.41, 5.74) is 3.11. The fourth-order valence-electron chi connectivity index (χ4n) is 3.37. The van der Waals surface area contributed by atoms with E-state index in [0.717, 1.165) is 16.7 Å². The Hall–Kier alpha value is -1.73. The number of hydrogen-bond donors (Lipinski definition) is 5. The van der Waals surface area contributed by atoms with Crippen molar-refractivity contribution in [1.29, 1.82) is 0 Å². The standard InChI is InChI=1S/C19H36N13OP3/c1-7-16-8-10-17(11-9-16)18-12-14-19(15-13-18)33-36(32(6)24)26-34(28(2)20,29(3)21)25-35(27-36,30(4)22)31(5)23/h7-15H,1,20-24H2,2-6H3. The van der Waals surface area contributed by atoms with Crippen LogP contribution in [0.25, 0.3) is 17.2 Å². The van der Waals surface area contributed by atoms with E-state index in [9.17, 15) is 0 Å². The first-order chi connectivity index (χ1) is 16.8. The van der Waals surface area contributed by atoms with Gasteiger partial charge in [0.05, 0.1) is 0 Å². The Morgan fingerprint density at radius 1 is 0.639 bits per heavy atom. The van der Waals surface area contributed by atoms with Crippen molar-refractivity contribution in [3.63, 3.8) is 0 Å². The molecule has 1 unspecified atom stereocenters. The summed E-state index contributed by atoms with van der Waals surface area (Å²) in [4.78, 5) is 0. The summed E-state index contributed by atoms with van der Waals surface area (Å²) in [5, 5.41) is 0. The Bertz CT molecular complexity index is 1210. The Balaban J connectivity index is 2.20. The van der Waals surface area contributed by atoms with E-state index in [2.05, 4.69) is 6.58 Å². The van der Waals surface area contributed by atoms with Crippen LogP contribution in [-0.4, -0.2) is 59.1 Å². The molecule has 1 aliphatic rings. The summed E-state index contributed by atoms with van der Waals surface area (Å²) in [5.74, 6) is 31.9. The highest BCUT2D eigenvalue weighted by molar-refractivity contribution is 7.82. The first kappa shape index (κ1) is 28.8. The van der Waals surface area contributed by atoms with Crippen molar-refractivity contribution >= 4 is 28.7 Å². The van der Waals surface area contributed by atoms with Gasteiger partial charge in [0, 0.05) is 35.2 Å². The van der Waals surface area contributed by atoms with E-state index < -0.39 is 22.6 Å². The van der Waals surface area contributed by atoms with Gasteiger partial charge >= 0.3 is 7.58 Å². The molecule has 198 valence electrons. The molecule has 0 bridgehead atoms. The average Bonchev–Trinajstić information content (AvgIpc) is 2.83. The highest BCUT2D eigenvalue weighted by atomic mass is 31.3. The maximum absolute atomic E-state index is 6.48. The number of hydrazine groups is 5. The first-order valence-corrected chi connectivity index (χ1v) is 15.5. The lowest BCUT2D eigenvalue weighted by Crippen LogP contribution is -2.39. The third-order valence-corrected chi connectivity index (χ3v) is 15.7. The summed E-state index contributed by atoms with van der Waals surface area (Å²) in [6.45, 7) is 3.79. The normalized spacial score (nSPS) is 20.9. The van der Waals surface area contributed by atoms with Gasteiger partial charge in [-0.3, -0.25) is 29.2 Å². The third kappa shape index (κ3) is 5.28. The molecule has 1 heterocycles. The highest BCUT2D eigenvalue weighted by Crippen LogP contribution is 2.79. The molecule has 0 radical (unpaired) electrons. The highest BCUT2D eigenvalue weighted by Gasteiger charge is 2.46. The predicted octanol–water partition coefficient (Wildman–Crippen LogP) is 3.26. The van der Waals surface area contributed by atoms with Crippen LogP contribution in [0.5, 0.6) is 5.75 Å². The van der Waals surface area contributed by atoms with Gasteiger partial charge in [0.15, 0.2) is 0 Å². The molecule has 2 aromatic rings. The van der Waals surface area contributed by atoms with Gasteiger partial charge in [0.2, 0.25) is 15.0 Å². The lowest BCUT2D eigenvalue weighted by atomic mass is 10.0. The number of nitrogens with zero attached hydrogens (tertiary/aromatic N) is 8. The molecule has 2 aromatic carbocycles. The van der Waals surface area contributed by atoms with Crippen LogP contribution in [0.4, 0.5) is 0 Å². The molecule has 0 saturated carbocycles. The van der Waals surface area contributed by atoms with Crippen LogP contribution in [0.2, 0.25) is 0 Å². The molecule has 0 aliphatic carbocycles. The summed E-state index contributed by atoms with van der Waals surface area (Å²) in [6.07, 6.45) is 1.80. The Kier molecular flexibility index (Phi) is 8.76. The van der Waals surface area contributed by atoms with Gasteiger partial charge in [-0.15, -0.1) is 0 Å². The lowest BCUT2D eigenvalue weighted by molar-refractivity contribution is 0.451. The third-order valence-electron chi connectivity index (χ3n) is 5.38. The quantitative estimate of drug-likeness (QED) is 0.173. The van der Waals surface area contributed by atoms with Crippen LogP contribution in [0.1, 0.15) is 5.56 Å². The van der Waals surface area contributed by atoms with E-state index in [1.165, 1.54) is 23.9 Å². The van der Waals surface area contributed by atoms with Gasteiger partial charge in [-0.05, 0) is 28.8 Å². The van der Waals surface area contributed by atoms with Crippen LogP contribution in [0.3, 0.4) is 0 Å². The van der Waals surface area contributed by atoms with Gasteiger partial charge in [-0.2, -0.15) is 37.4 Å². The van der Waals surface area contributed by atoms with Crippen molar-refractivity contribution in [3.8, 4) is 16.9 Å². The second-order valence-electron chi connectivity index (χ2n) is 8.17. The van der Waals surface area contributed by atoms with Crippen molar-refractivity contribution in [2.45, 2.75) is 0 Å². The summed E-state index contributed by atoms with van der Waals surface area (Å²) in [7, 11) is -1.60. The Morgan fingerprint density at radius 3 is 1.44 bits per heavy atom. The molecule has 0 amide bonds. The molecular formula is C19H36N13OP3.